The highest BCUT2D eigenvalue weighted by atomic mass is 35.5. The van der Waals surface area contributed by atoms with E-state index in [9.17, 15) is 14.9 Å². The molecule has 1 aliphatic rings. The topological polar surface area (TPSA) is 78.7 Å². The summed E-state index contributed by atoms with van der Waals surface area (Å²) in [5.41, 5.74) is 1.57. The van der Waals surface area contributed by atoms with E-state index in [0.717, 1.165) is 11.3 Å². The number of rotatable bonds is 3. The molecular formula is C14H19ClN4O3. The molecule has 0 radical (unpaired) electrons. The van der Waals surface area contributed by atoms with E-state index in [1.807, 2.05) is 13.8 Å². The summed E-state index contributed by atoms with van der Waals surface area (Å²) in [6.45, 7) is 6.78. The van der Waals surface area contributed by atoms with E-state index in [2.05, 4.69) is 10.2 Å². The van der Waals surface area contributed by atoms with Crippen LogP contribution >= 0.6 is 11.6 Å². The summed E-state index contributed by atoms with van der Waals surface area (Å²) in [6, 6.07) is 2.84. The van der Waals surface area contributed by atoms with Crippen molar-refractivity contribution < 1.29 is 9.72 Å². The van der Waals surface area contributed by atoms with Crippen molar-refractivity contribution in [1.29, 1.82) is 0 Å². The second kappa shape index (κ2) is 6.83. The smallest absolute Gasteiger partial charge is 0.317 e. The molecule has 0 aromatic heterocycles. The monoisotopic (exact) mass is 326 g/mol. The highest BCUT2D eigenvalue weighted by Gasteiger charge is 2.24. The van der Waals surface area contributed by atoms with Crippen molar-refractivity contribution >= 4 is 29.0 Å². The molecule has 0 aliphatic carbocycles. The summed E-state index contributed by atoms with van der Waals surface area (Å²) in [5, 5.41) is 14.0. The van der Waals surface area contributed by atoms with E-state index in [1.165, 1.54) is 12.1 Å². The van der Waals surface area contributed by atoms with Gasteiger partial charge in [0, 0.05) is 44.9 Å². The average Bonchev–Trinajstić information content (AvgIpc) is 2.47. The molecule has 2 rings (SSSR count). The van der Waals surface area contributed by atoms with E-state index >= 15 is 0 Å². The molecule has 0 atom stereocenters. The van der Waals surface area contributed by atoms with Crippen molar-refractivity contribution in [3.63, 3.8) is 0 Å². The molecule has 1 aromatic rings. The maximum absolute atomic E-state index is 11.8. The largest absolute Gasteiger partial charge is 0.367 e. The number of hydrogen-bond donors (Lipinski definition) is 1. The Hall–Kier alpha value is -2.02. The molecule has 8 heteroatoms. The van der Waals surface area contributed by atoms with E-state index < -0.39 is 4.92 Å². The third-order valence-corrected chi connectivity index (χ3v) is 3.95. The number of benzene rings is 1. The van der Waals surface area contributed by atoms with Gasteiger partial charge in [0.2, 0.25) is 0 Å². The number of piperazine rings is 1. The zero-order valence-corrected chi connectivity index (χ0v) is 13.4. The van der Waals surface area contributed by atoms with Gasteiger partial charge in [-0.1, -0.05) is 11.6 Å². The number of anilines is 1. The van der Waals surface area contributed by atoms with Crippen molar-refractivity contribution in [3.05, 3.63) is 32.8 Å². The Kier molecular flexibility index (Phi) is 5.07. The SMILES string of the molecule is CCNC(=O)N1CCN(c2c(C)cc([N+](=O)[O-])cc2Cl)CC1. The minimum Gasteiger partial charge on any atom is -0.367 e. The lowest BCUT2D eigenvalue weighted by Gasteiger charge is -2.37. The van der Waals surface area contributed by atoms with E-state index in [4.69, 9.17) is 11.6 Å². The van der Waals surface area contributed by atoms with Gasteiger partial charge in [-0.25, -0.2) is 4.79 Å². The van der Waals surface area contributed by atoms with Crippen LogP contribution in [0.1, 0.15) is 12.5 Å². The molecule has 1 heterocycles. The van der Waals surface area contributed by atoms with Crippen LogP contribution in [0.15, 0.2) is 12.1 Å². The maximum atomic E-state index is 11.8. The average molecular weight is 327 g/mol. The summed E-state index contributed by atoms with van der Waals surface area (Å²) < 4.78 is 0. The quantitative estimate of drug-likeness (QED) is 0.683. The Morgan fingerprint density at radius 3 is 2.50 bits per heavy atom. The molecule has 7 nitrogen and oxygen atoms in total. The zero-order valence-electron chi connectivity index (χ0n) is 12.6. The molecule has 0 bridgehead atoms. The number of non-ortho nitro benzene ring substituents is 1. The fraction of sp³-hybridized carbons (Fsp3) is 0.500. The van der Waals surface area contributed by atoms with Gasteiger partial charge < -0.3 is 15.1 Å². The highest BCUT2D eigenvalue weighted by molar-refractivity contribution is 6.33. The van der Waals surface area contributed by atoms with Crippen molar-refractivity contribution in [2.75, 3.05) is 37.6 Å². The molecule has 1 aliphatic heterocycles. The Morgan fingerprint density at radius 2 is 2.00 bits per heavy atom. The van der Waals surface area contributed by atoms with Gasteiger partial charge in [0.05, 0.1) is 15.6 Å². The lowest BCUT2D eigenvalue weighted by atomic mass is 10.1. The van der Waals surface area contributed by atoms with E-state index in [-0.39, 0.29) is 11.7 Å². The van der Waals surface area contributed by atoms with E-state index in [0.29, 0.717) is 37.7 Å². The second-order valence-electron chi connectivity index (χ2n) is 5.16. The van der Waals surface area contributed by atoms with E-state index in [1.54, 1.807) is 4.90 Å². The number of amides is 2. The molecule has 22 heavy (non-hydrogen) atoms. The molecule has 1 aromatic carbocycles. The summed E-state index contributed by atoms with van der Waals surface area (Å²) in [5.74, 6) is 0. The Morgan fingerprint density at radius 1 is 1.36 bits per heavy atom. The number of nitro benzene ring substituents is 1. The third kappa shape index (κ3) is 3.41. The van der Waals surface area contributed by atoms with Gasteiger partial charge >= 0.3 is 6.03 Å². The minimum absolute atomic E-state index is 0.00721. The number of halogens is 1. The summed E-state index contributed by atoms with van der Waals surface area (Å²) in [4.78, 5) is 26.0. The Labute approximate surface area is 134 Å². The normalized spacial score (nSPS) is 14.9. The number of hydrogen-bond acceptors (Lipinski definition) is 4. The van der Waals surface area contributed by atoms with Crippen LogP contribution in [-0.4, -0.2) is 48.6 Å². The van der Waals surface area contributed by atoms with Gasteiger partial charge in [-0.3, -0.25) is 10.1 Å². The predicted octanol–water partition coefficient (Wildman–Crippen LogP) is 2.41. The first-order chi connectivity index (χ1) is 10.4. The van der Waals surface area contributed by atoms with Crippen LogP contribution in [-0.2, 0) is 0 Å². The van der Waals surface area contributed by atoms with Crippen LogP contribution in [0.3, 0.4) is 0 Å². The number of nitrogens with zero attached hydrogens (tertiary/aromatic N) is 3. The second-order valence-corrected chi connectivity index (χ2v) is 5.57. The number of carbonyl (C=O) groups excluding carboxylic acids is 1. The molecule has 0 spiro atoms. The zero-order chi connectivity index (χ0) is 16.3. The number of carbonyl (C=O) groups is 1. The lowest BCUT2D eigenvalue weighted by Crippen LogP contribution is -2.52. The number of aryl methyl sites for hydroxylation is 1. The van der Waals surface area contributed by atoms with Gasteiger partial charge in [0.1, 0.15) is 0 Å². The number of nitrogens with one attached hydrogen (secondary N) is 1. The van der Waals surface area contributed by atoms with Crippen LogP contribution in [0.2, 0.25) is 5.02 Å². The van der Waals surface area contributed by atoms with Gasteiger partial charge in [-0.05, 0) is 19.4 Å². The van der Waals surface area contributed by atoms with Gasteiger partial charge in [-0.2, -0.15) is 0 Å². The van der Waals surface area contributed by atoms with Crippen LogP contribution in [0.25, 0.3) is 0 Å². The maximum Gasteiger partial charge on any atom is 0.317 e. The molecule has 0 saturated carbocycles. The fourth-order valence-electron chi connectivity index (χ4n) is 2.62. The molecule has 1 fully saturated rings. The first kappa shape index (κ1) is 16.4. The van der Waals surface area contributed by atoms with Crippen molar-refractivity contribution in [2.24, 2.45) is 0 Å². The predicted molar refractivity (Wildman–Crippen MR) is 85.7 cm³/mol. The van der Waals surface area contributed by atoms with Crippen LogP contribution in [0.5, 0.6) is 0 Å². The lowest BCUT2D eigenvalue weighted by molar-refractivity contribution is -0.384. The van der Waals surface area contributed by atoms with Crippen LogP contribution in [0, 0.1) is 17.0 Å². The van der Waals surface area contributed by atoms with Gasteiger partial charge in [0.25, 0.3) is 5.69 Å². The minimum atomic E-state index is -0.449. The first-order valence-corrected chi connectivity index (χ1v) is 7.54. The Balaban J connectivity index is 2.12. The number of nitro groups is 1. The van der Waals surface area contributed by atoms with Crippen LogP contribution < -0.4 is 10.2 Å². The molecule has 2 amide bonds. The molecule has 120 valence electrons. The summed E-state index contributed by atoms with van der Waals surface area (Å²) in [6.07, 6.45) is 0. The summed E-state index contributed by atoms with van der Waals surface area (Å²) in [7, 11) is 0. The van der Waals surface area contributed by atoms with Crippen molar-refractivity contribution in [3.8, 4) is 0 Å². The standard InChI is InChI=1S/C14H19ClN4O3/c1-3-16-14(20)18-6-4-17(5-7-18)13-10(2)8-11(19(21)22)9-12(13)15/h8-9H,3-7H2,1-2H3,(H,16,20). The number of urea groups is 1. The molecule has 1 saturated heterocycles. The van der Waals surface area contributed by atoms with Crippen molar-refractivity contribution in [2.45, 2.75) is 13.8 Å². The third-order valence-electron chi connectivity index (χ3n) is 3.66. The van der Waals surface area contributed by atoms with Crippen LogP contribution in [0.4, 0.5) is 16.2 Å². The summed E-state index contributed by atoms with van der Waals surface area (Å²) >= 11 is 6.22. The molecule has 0 unspecified atom stereocenters. The highest BCUT2D eigenvalue weighted by Crippen LogP contribution is 2.34. The molecule has 1 N–H and O–H groups in total. The van der Waals surface area contributed by atoms with Crippen molar-refractivity contribution in [1.82, 2.24) is 10.2 Å². The first-order valence-electron chi connectivity index (χ1n) is 7.16. The molecular weight excluding hydrogens is 308 g/mol. The Bertz CT molecular complexity index is 562. The fourth-order valence-corrected chi connectivity index (χ4v) is 3.00. The van der Waals surface area contributed by atoms with Gasteiger partial charge in [-0.15, -0.1) is 0 Å². The van der Waals surface area contributed by atoms with Gasteiger partial charge in [0.15, 0.2) is 0 Å².